The van der Waals surface area contributed by atoms with Gasteiger partial charge in [-0.3, -0.25) is 9.59 Å². The van der Waals surface area contributed by atoms with Gasteiger partial charge in [0.1, 0.15) is 5.75 Å². The van der Waals surface area contributed by atoms with Crippen LogP contribution in [0.3, 0.4) is 0 Å². The van der Waals surface area contributed by atoms with E-state index in [0.717, 1.165) is 18.4 Å². The van der Waals surface area contributed by atoms with Gasteiger partial charge < -0.3 is 15.0 Å². The molecule has 1 aliphatic carbocycles. The van der Waals surface area contributed by atoms with Crippen molar-refractivity contribution in [3.05, 3.63) is 53.1 Å². The number of carbonyl (C=O) groups excluding carboxylic acids is 2. The predicted molar refractivity (Wildman–Crippen MR) is 101 cm³/mol. The molecule has 2 amide bonds. The highest BCUT2D eigenvalue weighted by atomic mass is 35.5. The number of halogens is 1. The Morgan fingerprint density at radius 3 is 2.65 bits per heavy atom. The van der Waals surface area contributed by atoms with Crippen molar-refractivity contribution < 1.29 is 14.3 Å². The number of rotatable bonds is 4. The average molecular weight is 371 g/mol. The van der Waals surface area contributed by atoms with E-state index >= 15 is 0 Å². The van der Waals surface area contributed by atoms with Gasteiger partial charge in [0.2, 0.25) is 5.91 Å². The molecule has 0 spiro atoms. The molecule has 1 aliphatic heterocycles. The topological polar surface area (TPSA) is 58.6 Å². The molecule has 1 heterocycles. The number of fused-ring (bicyclic) bond motifs is 1. The first-order chi connectivity index (χ1) is 12.5. The van der Waals surface area contributed by atoms with Gasteiger partial charge in [-0.05, 0) is 55.7 Å². The van der Waals surface area contributed by atoms with Crippen molar-refractivity contribution in [2.24, 2.45) is 5.92 Å². The molecule has 0 bridgehead atoms. The Bertz CT molecular complexity index is 862. The van der Waals surface area contributed by atoms with Crippen LogP contribution in [0.1, 0.15) is 25.3 Å². The maximum absolute atomic E-state index is 12.7. The number of hydrogen-bond donors (Lipinski definition) is 1. The molecule has 1 N–H and O–H groups in total. The fraction of sp³-hybridized carbons (Fsp3) is 0.300. The summed E-state index contributed by atoms with van der Waals surface area (Å²) < 4.78 is 5.73. The molecule has 4 rings (SSSR count). The maximum Gasteiger partial charge on any atom is 0.268 e. The van der Waals surface area contributed by atoms with Crippen LogP contribution < -0.4 is 15.0 Å². The smallest absolute Gasteiger partial charge is 0.268 e. The molecule has 1 atom stereocenters. The Labute approximate surface area is 156 Å². The molecule has 2 aromatic carbocycles. The quantitative estimate of drug-likeness (QED) is 0.884. The zero-order valence-corrected chi connectivity index (χ0v) is 15.1. The fourth-order valence-electron chi connectivity index (χ4n) is 3.01. The van der Waals surface area contributed by atoms with Crippen LogP contribution in [-0.4, -0.2) is 17.9 Å². The highest BCUT2D eigenvalue weighted by Gasteiger charge is 2.33. The third kappa shape index (κ3) is 3.40. The van der Waals surface area contributed by atoms with Crippen LogP contribution in [0.25, 0.3) is 0 Å². The van der Waals surface area contributed by atoms with Gasteiger partial charge in [0.25, 0.3) is 5.91 Å². The van der Waals surface area contributed by atoms with Gasteiger partial charge >= 0.3 is 0 Å². The summed E-state index contributed by atoms with van der Waals surface area (Å²) in [5.74, 6) is 0.674. The van der Waals surface area contributed by atoms with Crippen molar-refractivity contribution >= 4 is 34.8 Å². The van der Waals surface area contributed by atoms with Crippen LogP contribution in [0.4, 0.5) is 11.4 Å². The van der Waals surface area contributed by atoms with Crippen molar-refractivity contribution in [3.8, 4) is 5.75 Å². The lowest BCUT2D eigenvalue weighted by Crippen LogP contribution is -2.44. The van der Waals surface area contributed by atoms with Crippen LogP contribution in [0.5, 0.6) is 5.75 Å². The maximum atomic E-state index is 12.7. The second-order valence-electron chi connectivity index (χ2n) is 6.76. The summed E-state index contributed by atoms with van der Waals surface area (Å²) in [5, 5.41) is 3.58. The summed E-state index contributed by atoms with van der Waals surface area (Å²) in [4.78, 5) is 26.4. The van der Waals surface area contributed by atoms with E-state index in [1.807, 2.05) is 18.2 Å². The van der Waals surface area contributed by atoms with Gasteiger partial charge in [-0.15, -0.1) is 0 Å². The highest BCUT2D eigenvalue weighted by Crippen LogP contribution is 2.38. The Hall–Kier alpha value is -2.53. The lowest BCUT2D eigenvalue weighted by Gasteiger charge is -2.33. The van der Waals surface area contributed by atoms with Gasteiger partial charge in [-0.2, -0.15) is 0 Å². The van der Waals surface area contributed by atoms with E-state index in [1.54, 1.807) is 36.1 Å². The molecule has 1 unspecified atom stereocenters. The standard InChI is InChI=1S/C20H19ClN2O3/c1-12-20(25)23(11-13-2-6-15(21)7-3-13)17-10-16(8-9-18(17)26-12)22-19(24)14-4-5-14/h2-3,6-10,12,14H,4-5,11H2,1H3,(H,22,24). The molecular weight excluding hydrogens is 352 g/mol. The minimum atomic E-state index is -0.554. The van der Waals surface area contributed by atoms with E-state index in [9.17, 15) is 9.59 Å². The third-order valence-corrected chi connectivity index (χ3v) is 4.89. The number of ether oxygens (including phenoxy) is 1. The van der Waals surface area contributed by atoms with E-state index in [0.29, 0.717) is 28.7 Å². The Morgan fingerprint density at radius 2 is 1.96 bits per heavy atom. The van der Waals surface area contributed by atoms with Crippen molar-refractivity contribution in [1.82, 2.24) is 0 Å². The molecule has 1 fully saturated rings. The van der Waals surface area contributed by atoms with Gasteiger partial charge in [0, 0.05) is 16.6 Å². The van der Waals surface area contributed by atoms with Crippen molar-refractivity contribution in [2.75, 3.05) is 10.2 Å². The molecule has 5 nitrogen and oxygen atoms in total. The number of nitrogens with one attached hydrogen (secondary N) is 1. The number of hydrogen-bond acceptors (Lipinski definition) is 3. The molecule has 26 heavy (non-hydrogen) atoms. The van der Waals surface area contributed by atoms with Crippen molar-refractivity contribution in [3.63, 3.8) is 0 Å². The molecule has 1 saturated carbocycles. The monoisotopic (exact) mass is 370 g/mol. The highest BCUT2D eigenvalue weighted by molar-refractivity contribution is 6.30. The summed E-state index contributed by atoms with van der Waals surface area (Å²) in [5.41, 5.74) is 2.31. The fourth-order valence-corrected chi connectivity index (χ4v) is 3.14. The molecular formula is C20H19ClN2O3. The zero-order chi connectivity index (χ0) is 18.3. The number of carbonyl (C=O) groups is 2. The summed E-state index contributed by atoms with van der Waals surface area (Å²) in [6.07, 6.45) is 1.33. The number of nitrogens with zero attached hydrogens (tertiary/aromatic N) is 1. The van der Waals surface area contributed by atoms with Gasteiger partial charge in [-0.25, -0.2) is 0 Å². The van der Waals surface area contributed by atoms with Crippen LogP contribution in [0, 0.1) is 5.92 Å². The first-order valence-electron chi connectivity index (χ1n) is 8.68. The summed E-state index contributed by atoms with van der Waals surface area (Å²) in [6.45, 7) is 2.15. The Morgan fingerprint density at radius 1 is 1.23 bits per heavy atom. The van der Waals surface area contributed by atoms with Crippen molar-refractivity contribution in [2.45, 2.75) is 32.4 Å². The molecule has 0 aromatic heterocycles. The molecule has 0 radical (unpaired) electrons. The molecule has 6 heteroatoms. The molecule has 134 valence electrons. The third-order valence-electron chi connectivity index (χ3n) is 4.64. The van der Waals surface area contributed by atoms with Crippen LogP contribution in [0.15, 0.2) is 42.5 Å². The van der Waals surface area contributed by atoms with E-state index in [4.69, 9.17) is 16.3 Å². The lowest BCUT2D eigenvalue weighted by atomic mass is 10.1. The summed E-state index contributed by atoms with van der Waals surface area (Å²) in [6, 6.07) is 12.8. The zero-order valence-electron chi connectivity index (χ0n) is 14.4. The van der Waals surface area contributed by atoms with Gasteiger partial charge in [-0.1, -0.05) is 23.7 Å². The Kier molecular flexibility index (Phi) is 4.32. The van der Waals surface area contributed by atoms with Gasteiger partial charge in [0.05, 0.1) is 12.2 Å². The second-order valence-corrected chi connectivity index (χ2v) is 7.19. The number of anilines is 2. The lowest BCUT2D eigenvalue weighted by molar-refractivity contribution is -0.125. The minimum Gasteiger partial charge on any atom is -0.479 e. The van der Waals surface area contributed by atoms with Gasteiger partial charge in [0.15, 0.2) is 6.10 Å². The first-order valence-corrected chi connectivity index (χ1v) is 9.06. The van der Waals surface area contributed by atoms with E-state index in [2.05, 4.69) is 5.32 Å². The first kappa shape index (κ1) is 16.9. The molecule has 0 saturated heterocycles. The number of amides is 2. The van der Waals surface area contributed by atoms with E-state index in [-0.39, 0.29) is 17.7 Å². The van der Waals surface area contributed by atoms with Crippen LogP contribution in [-0.2, 0) is 16.1 Å². The van der Waals surface area contributed by atoms with E-state index in [1.165, 1.54) is 0 Å². The SMILES string of the molecule is CC1Oc2ccc(NC(=O)C3CC3)cc2N(Cc2ccc(Cl)cc2)C1=O. The van der Waals surface area contributed by atoms with Crippen LogP contribution >= 0.6 is 11.6 Å². The largest absolute Gasteiger partial charge is 0.479 e. The normalized spacial score (nSPS) is 18.9. The predicted octanol–water partition coefficient (Wildman–Crippen LogP) is 4.00. The average Bonchev–Trinajstić information content (AvgIpc) is 3.46. The molecule has 2 aromatic rings. The second kappa shape index (κ2) is 6.65. The summed E-state index contributed by atoms with van der Waals surface area (Å²) >= 11 is 5.95. The number of benzene rings is 2. The molecule has 2 aliphatic rings. The summed E-state index contributed by atoms with van der Waals surface area (Å²) in [7, 11) is 0. The van der Waals surface area contributed by atoms with Crippen molar-refractivity contribution in [1.29, 1.82) is 0 Å². The Balaban J connectivity index is 1.63. The van der Waals surface area contributed by atoms with Crippen LogP contribution in [0.2, 0.25) is 5.02 Å². The van der Waals surface area contributed by atoms with E-state index < -0.39 is 6.10 Å². The minimum absolute atomic E-state index is 0.0330.